The van der Waals surface area contributed by atoms with E-state index in [9.17, 15) is 5.11 Å². The van der Waals surface area contributed by atoms with Gasteiger partial charge in [-0.2, -0.15) is 4.98 Å². The lowest BCUT2D eigenvalue weighted by molar-refractivity contribution is 0.371. The topological polar surface area (TPSA) is 80.4 Å². The monoisotopic (exact) mass is 327 g/mol. The summed E-state index contributed by atoms with van der Waals surface area (Å²) in [6.07, 6.45) is 2.02. The molecule has 1 heterocycles. The van der Waals surface area contributed by atoms with E-state index in [-0.39, 0.29) is 5.75 Å². The first-order chi connectivity index (χ1) is 9.20. The quantitative estimate of drug-likeness (QED) is 0.788. The number of nitrogens with zero attached hydrogens (tertiary/aromatic N) is 2. The van der Waals surface area contributed by atoms with Crippen LogP contribution in [0.4, 0.5) is 0 Å². The molecule has 102 valence electrons. The van der Waals surface area contributed by atoms with Gasteiger partial charge in [0.05, 0.1) is 11.6 Å². The maximum Gasteiger partial charge on any atom is 0.213 e. The van der Waals surface area contributed by atoms with Gasteiger partial charge in [-0.05, 0) is 33.6 Å². The molecule has 0 atom stereocenters. The zero-order valence-electron chi connectivity index (χ0n) is 10.4. The molecule has 0 radical (unpaired) electrons. The van der Waals surface area contributed by atoms with Gasteiger partial charge in [-0.3, -0.25) is 0 Å². The van der Waals surface area contributed by atoms with Gasteiger partial charge in [-0.25, -0.2) is 0 Å². The number of rotatable bonds is 6. The Morgan fingerprint density at radius 3 is 3.00 bits per heavy atom. The van der Waals surface area contributed by atoms with Crippen LogP contribution in [0.1, 0.15) is 11.4 Å². The van der Waals surface area contributed by atoms with E-state index in [1.165, 1.54) is 13.5 Å². The fourth-order valence-corrected chi connectivity index (χ4v) is 2.11. The summed E-state index contributed by atoms with van der Waals surface area (Å²) in [7, 11) is 1.52. The number of hydrogen-bond acceptors (Lipinski definition) is 6. The van der Waals surface area contributed by atoms with Crippen molar-refractivity contribution >= 4 is 15.9 Å². The summed E-state index contributed by atoms with van der Waals surface area (Å²) in [5.41, 5.74) is 1.01. The highest BCUT2D eigenvalue weighted by molar-refractivity contribution is 9.10. The van der Waals surface area contributed by atoms with Crippen LogP contribution in [0.3, 0.4) is 0 Å². The van der Waals surface area contributed by atoms with Crippen LogP contribution >= 0.6 is 15.9 Å². The lowest BCUT2D eigenvalue weighted by Gasteiger charge is -2.09. The predicted octanol–water partition coefficient (Wildman–Crippen LogP) is 1.88. The largest absolute Gasteiger partial charge is 0.503 e. The molecule has 2 aromatic rings. The molecular formula is C12H14BrN3O3. The minimum absolute atomic E-state index is 0.109. The van der Waals surface area contributed by atoms with Crippen molar-refractivity contribution in [2.24, 2.45) is 0 Å². The van der Waals surface area contributed by atoms with E-state index in [1.807, 2.05) is 6.07 Å². The second kappa shape index (κ2) is 6.53. The molecule has 0 unspecified atom stereocenters. The van der Waals surface area contributed by atoms with Gasteiger partial charge in [0.25, 0.3) is 0 Å². The van der Waals surface area contributed by atoms with Crippen molar-refractivity contribution in [3.8, 4) is 11.5 Å². The van der Waals surface area contributed by atoms with Gasteiger partial charge in [-0.15, -0.1) is 0 Å². The highest BCUT2D eigenvalue weighted by Crippen LogP contribution is 2.35. The zero-order valence-corrected chi connectivity index (χ0v) is 12.0. The van der Waals surface area contributed by atoms with Crippen molar-refractivity contribution in [3.63, 3.8) is 0 Å². The van der Waals surface area contributed by atoms with E-state index in [1.54, 1.807) is 6.07 Å². The number of ether oxygens (including phenoxy) is 1. The predicted molar refractivity (Wildman–Crippen MR) is 72.1 cm³/mol. The summed E-state index contributed by atoms with van der Waals surface area (Å²) in [4.78, 5) is 3.94. The highest BCUT2D eigenvalue weighted by atomic mass is 79.9. The standard InChI is InChI=1S/C12H14BrN3O3/c1-18-10-5-8(4-9(13)12(10)17)6-14-3-2-11-15-7-19-16-11/h4-5,7,14,17H,2-3,6H2,1H3. The first-order valence-corrected chi connectivity index (χ1v) is 6.51. The third-order valence-electron chi connectivity index (χ3n) is 2.57. The number of methoxy groups -OCH3 is 1. The van der Waals surface area contributed by atoms with Crippen LogP contribution in [0.2, 0.25) is 0 Å². The molecule has 2 rings (SSSR count). The average molecular weight is 328 g/mol. The Kier molecular flexibility index (Phi) is 4.75. The SMILES string of the molecule is COc1cc(CNCCc2ncon2)cc(Br)c1O. The maximum atomic E-state index is 9.70. The molecule has 6 nitrogen and oxygen atoms in total. The van der Waals surface area contributed by atoms with Gasteiger partial charge in [0.2, 0.25) is 6.39 Å². The van der Waals surface area contributed by atoms with E-state index in [0.29, 0.717) is 29.0 Å². The number of phenols is 1. The molecule has 0 aliphatic rings. The van der Waals surface area contributed by atoms with E-state index in [4.69, 9.17) is 4.74 Å². The van der Waals surface area contributed by atoms with Gasteiger partial charge in [-0.1, -0.05) is 5.16 Å². The van der Waals surface area contributed by atoms with Gasteiger partial charge in [0.1, 0.15) is 0 Å². The lowest BCUT2D eigenvalue weighted by Crippen LogP contribution is -2.17. The number of hydrogen-bond donors (Lipinski definition) is 2. The molecule has 0 saturated carbocycles. The Bertz CT molecular complexity index is 531. The molecule has 0 aliphatic carbocycles. The Morgan fingerprint density at radius 1 is 1.47 bits per heavy atom. The Hall–Kier alpha value is -1.60. The smallest absolute Gasteiger partial charge is 0.213 e. The van der Waals surface area contributed by atoms with E-state index >= 15 is 0 Å². The van der Waals surface area contributed by atoms with Gasteiger partial charge >= 0.3 is 0 Å². The van der Waals surface area contributed by atoms with Gasteiger partial charge in [0.15, 0.2) is 17.3 Å². The van der Waals surface area contributed by atoms with Crippen LogP contribution in [0.15, 0.2) is 27.5 Å². The van der Waals surface area contributed by atoms with Crippen LogP contribution in [0.25, 0.3) is 0 Å². The second-order valence-corrected chi connectivity index (χ2v) is 4.76. The fraction of sp³-hybridized carbons (Fsp3) is 0.333. The molecular weight excluding hydrogens is 314 g/mol. The molecule has 0 aliphatic heterocycles. The third-order valence-corrected chi connectivity index (χ3v) is 3.17. The molecule has 1 aromatic carbocycles. The van der Waals surface area contributed by atoms with Crippen molar-refractivity contribution in [2.75, 3.05) is 13.7 Å². The Balaban J connectivity index is 1.87. The van der Waals surface area contributed by atoms with E-state index in [0.717, 1.165) is 12.1 Å². The molecule has 1 aromatic heterocycles. The van der Waals surface area contributed by atoms with E-state index < -0.39 is 0 Å². The van der Waals surface area contributed by atoms with Crippen molar-refractivity contribution in [3.05, 3.63) is 34.4 Å². The van der Waals surface area contributed by atoms with Gasteiger partial charge < -0.3 is 19.7 Å². The van der Waals surface area contributed by atoms with Crippen molar-refractivity contribution in [2.45, 2.75) is 13.0 Å². The minimum Gasteiger partial charge on any atom is -0.503 e. The van der Waals surface area contributed by atoms with Crippen LogP contribution in [0, 0.1) is 0 Å². The first kappa shape index (κ1) is 13.8. The minimum atomic E-state index is 0.109. The lowest BCUT2D eigenvalue weighted by atomic mass is 10.2. The van der Waals surface area contributed by atoms with E-state index in [2.05, 4.69) is 35.9 Å². The second-order valence-electron chi connectivity index (χ2n) is 3.90. The maximum absolute atomic E-state index is 9.70. The molecule has 0 amide bonds. The molecule has 0 spiro atoms. The van der Waals surface area contributed by atoms with Gasteiger partial charge in [0, 0.05) is 19.5 Å². The fourth-order valence-electron chi connectivity index (χ4n) is 1.62. The van der Waals surface area contributed by atoms with Crippen LogP contribution in [-0.4, -0.2) is 28.9 Å². The van der Waals surface area contributed by atoms with Crippen molar-refractivity contribution in [1.29, 1.82) is 0 Å². The van der Waals surface area contributed by atoms with Crippen LogP contribution in [-0.2, 0) is 13.0 Å². The zero-order chi connectivity index (χ0) is 13.7. The summed E-state index contributed by atoms with van der Waals surface area (Å²) in [6, 6.07) is 3.64. The highest BCUT2D eigenvalue weighted by Gasteiger charge is 2.08. The number of phenolic OH excluding ortho intramolecular Hbond substituents is 1. The number of nitrogens with one attached hydrogen (secondary N) is 1. The summed E-state index contributed by atoms with van der Waals surface area (Å²) >= 11 is 3.29. The summed E-state index contributed by atoms with van der Waals surface area (Å²) in [6.45, 7) is 1.40. The van der Waals surface area contributed by atoms with Crippen LogP contribution < -0.4 is 10.1 Å². The number of aromatic hydroxyl groups is 1. The molecule has 7 heteroatoms. The number of aromatic nitrogens is 2. The van der Waals surface area contributed by atoms with Crippen molar-refractivity contribution < 1.29 is 14.4 Å². The number of benzene rings is 1. The normalized spacial score (nSPS) is 10.6. The molecule has 0 bridgehead atoms. The Morgan fingerprint density at radius 2 is 2.32 bits per heavy atom. The first-order valence-electron chi connectivity index (χ1n) is 5.72. The summed E-state index contributed by atoms with van der Waals surface area (Å²) in [5.74, 6) is 1.24. The van der Waals surface area contributed by atoms with Crippen LogP contribution in [0.5, 0.6) is 11.5 Å². The molecule has 2 N–H and O–H groups in total. The summed E-state index contributed by atoms with van der Waals surface area (Å²) < 4.78 is 10.4. The van der Waals surface area contributed by atoms with Crippen molar-refractivity contribution in [1.82, 2.24) is 15.5 Å². The molecule has 19 heavy (non-hydrogen) atoms. The third kappa shape index (κ3) is 3.68. The average Bonchev–Trinajstić information content (AvgIpc) is 2.91. The Labute approximate surface area is 118 Å². The molecule has 0 saturated heterocycles. The number of halogens is 1. The molecule has 0 fully saturated rings. The summed E-state index contributed by atoms with van der Waals surface area (Å²) in [5, 5.41) is 16.7.